The van der Waals surface area contributed by atoms with E-state index in [1.165, 1.54) is 61.2 Å². The molecule has 0 fully saturated rings. The van der Waals surface area contributed by atoms with Crippen molar-refractivity contribution in [2.45, 2.75) is 32.1 Å². The Morgan fingerprint density at radius 2 is 1.09 bits per heavy atom. The molecule has 0 atom stereocenters. The number of aliphatic hydroxyl groups excluding tert-OH is 1. The Balaban J connectivity index is 0.963. The molecule has 2 aromatic heterocycles. The summed E-state index contributed by atoms with van der Waals surface area (Å²) in [6.07, 6.45) is 11.2. The molecule has 5 heteroatoms. The van der Waals surface area contributed by atoms with Gasteiger partial charge in [0, 0.05) is 33.9 Å². The van der Waals surface area contributed by atoms with Crippen molar-refractivity contribution in [2.24, 2.45) is 0 Å². The SMILES string of the molecule is C=C(/C=C\C=C(O)CC)c1nc(-c2ccc(-c3ccccc3)cc2)nc(-c2ccc3c(c2)oc2ccc(-c4ccc5c(c4-c4ccc(/C=C/CC)cc4)C4(c6ccccc6-c6ccccc64)c4ccccc4-5)cc23)n1. The third-order valence-electron chi connectivity index (χ3n) is 15.1. The third-order valence-corrected chi connectivity index (χ3v) is 15.1. The first kappa shape index (κ1) is 45.4. The minimum absolute atomic E-state index is 0.277. The van der Waals surface area contributed by atoms with Gasteiger partial charge >= 0.3 is 0 Å². The summed E-state index contributed by atoms with van der Waals surface area (Å²) in [4.78, 5) is 15.0. The lowest BCUT2D eigenvalue weighted by Crippen LogP contribution is -2.26. The Kier molecular flexibility index (Phi) is 11.2. The van der Waals surface area contributed by atoms with Crippen molar-refractivity contribution in [3.8, 4) is 78.4 Å². The van der Waals surface area contributed by atoms with Gasteiger partial charge in [0.1, 0.15) is 11.2 Å². The largest absolute Gasteiger partial charge is 0.512 e. The molecule has 5 nitrogen and oxygen atoms in total. The minimum atomic E-state index is -0.536. The van der Waals surface area contributed by atoms with E-state index in [1.54, 1.807) is 12.2 Å². The molecule has 13 rings (SSSR count). The summed E-state index contributed by atoms with van der Waals surface area (Å²) in [6, 6.07) is 72.3. The maximum Gasteiger partial charge on any atom is 0.164 e. The van der Waals surface area contributed by atoms with Crippen LogP contribution in [0.3, 0.4) is 0 Å². The predicted molar refractivity (Wildman–Crippen MR) is 309 cm³/mol. The van der Waals surface area contributed by atoms with E-state index in [-0.39, 0.29) is 5.76 Å². The fraction of sp³-hybridized carbons (Fsp3) is 0.0714. The molecule has 2 aliphatic carbocycles. The van der Waals surface area contributed by atoms with E-state index in [0.29, 0.717) is 29.5 Å². The lowest BCUT2D eigenvalue weighted by atomic mass is 9.68. The molecule has 9 aromatic carbocycles. The Hall–Kier alpha value is -9.45. The molecular formula is C70H51N3O2. The highest BCUT2D eigenvalue weighted by molar-refractivity contribution is 6.09. The third kappa shape index (κ3) is 7.58. The van der Waals surface area contributed by atoms with E-state index in [0.717, 1.165) is 61.7 Å². The molecule has 0 saturated carbocycles. The Bertz CT molecular complexity index is 4090. The zero-order valence-corrected chi connectivity index (χ0v) is 41.8. The van der Waals surface area contributed by atoms with Gasteiger partial charge in [-0.05, 0) is 120 Å². The molecule has 0 saturated heterocycles. The van der Waals surface area contributed by atoms with Crippen LogP contribution in [-0.4, -0.2) is 20.1 Å². The molecule has 2 heterocycles. The molecule has 0 bridgehead atoms. The number of aliphatic hydroxyl groups is 1. The van der Waals surface area contributed by atoms with Gasteiger partial charge in [-0.15, -0.1) is 0 Å². The van der Waals surface area contributed by atoms with Gasteiger partial charge in [0.2, 0.25) is 0 Å². The van der Waals surface area contributed by atoms with Crippen molar-refractivity contribution in [1.82, 2.24) is 15.0 Å². The number of rotatable bonds is 11. The number of aromatic nitrogens is 3. The molecule has 11 aromatic rings. The summed E-state index contributed by atoms with van der Waals surface area (Å²) in [6.45, 7) is 8.40. The summed E-state index contributed by atoms with van der Waals surface area (Å²) in [5, 5.41) is 12.1. The van der Waals surface area contributed by atoms with Crippen LogP contribution in [0.4, 0.5) is 0 Å². The Morgan fingerprint density at radius 1 is 0.520 bits per heavy atom. The number of hydrogen-bond acceptors (Lipinski definition) is 5. The predicted octanol–water partition coefficient (Wildman–Crippen LogP) is 18.3. The molecule has 1 N–H and O–H groups in total. The number of allylic oxidation sites excluding steroid dienone is 6. The highest BCUT2D eigenvalue weighted by Gasteiger charge is 2.53. The van der Waals surface area contributed by atoms with E-state index in [2.05, 4.69) is 189 Å². The van der Waals surface area contributed by atoms with Crippen molar-refractivity contribution >= 4 is 33.6 Å². The van der Waals surface area contributed by atoms with Gasteiger partial charge < -0.3 is 9.52 Å². The number of furan rings is 1. The van der Waals surface area contributed by atoms with Crippen LogP contribution in [0.25, 0.3) is 112 Å². The number of benzene rings is 9. The fourth-order valence-corrected chi connectivity index (χ4v) is 11.5. The van der Waals surface area contributed by atoms with E-state index in [4.69, 9.17) is 19.4 Å². The molecule has 75 heavy (non-hydrogen) atoms. The zero-order valence-electron chi connectivity index (χ0n) is 41.8. The lowest BCUT2D eigenvalue weighted by molar-refractivity contribution is 0.395. The quantitative estimate of drug-likeness (QED) is 0.103. The summed E-state index contributed by atoms with van der Waals surface area (Å²) in [7, 11) is 0. The highest BCUT2D eigenvalue weighted by atomic mass is 16.3. The first-order valence-corrected chi connectivity index (χ1v) is 25.8. The smallest absolute Gasteiger partial charge is 0.164 e. The minimum Gasteiger partial charge on any atom is -0.512 e. The second kappa shape index (κ2) is 18.5. The van der Waals surface area contributed by atoms with Gasteiger partial charge in [-0.2, -0.15) is 0 Å². The van der Waals surface area contributed by atoms with Crippen LogP contribution in [0.1, 0.15) is 60.3 Å². The molecule has 0 radical (unpaired) electrons. The lowest BCUT2D eigenvalue weighted by Gasteiger charge is -2.33. The Morgan fingerprint density at radius 3 is 1.77 bits per heavy atom. The summed E-state index contributed by atoms with van der Waals surface area (Å²) < 4.78 is 6.73. The van der Waals surface area contributed by atoms with Gasteiger partial charge in [0.25, 0.3) is 0 Å². The van der Waals surface area contributed by atoms with Crippen LogP contribution < -0.4 is 0 Å². The van der Waals surface area contributed by atoms with Crippen molar-refractivity contribution in [3.05, 3.63) is 270 Å². The van der Waals surface area contributed by atoms with Crippen LogP contribution in [-0.2, 0) is 5.41 Å². The average Bonchev–Trinajstić information content (AvgIpc) is 4.31. The average molecular weight is 966 g/mol. The first-order valence-electron chi connectivity index (χ1n) is 25.8. The second-order valence-corrected chi connectivity index (χ2v) is 19.4. The topological polar surface area (TPSA) is 72.0 Å². The van der Waals surface area contributed by atoms with Crippen molar-refractivity contribution in [1.29, 1.82) is 0 Å². The van der Waals surface area contributed by atoms with Gasteiger partial charge in [-0.1, -0.05) is 221 Å². The van der Waals surface area contributed by atoms with E-state index >= 15 is 0 Å². The van der Waals surface area contributed by atoms with Crippen LogP contribution >= 0.6 is 0 Å². The number of hydrogen-bond donors (Lipinski definition) is 1. The van der Waals surface area contributed by atoms with Crippen molar-refractivity contribution in [2.75, 3.05) is 0 Å². The summed E-state index contributed by atoms with van der Waals surface area (Å²) in [5.41, 5.74) is 21.6. The molecule has 358 valence electrons. The molecule has 0 unspecified atom stereocenters. The normalized spacial score (nSPS) is 13.2. The number of nitrogens with zero attached hydrogens (tertiary/aromatic N) is 3. The summed E-state index contributed by atoms with van der Waals surface area (Å²) in [5.74, 6) is 1.73. The van der Waals surface area contributed by atoms with Crippen LogP contribution in [0.5, 0.6) is 0 Å². The molecule has 1 spiro atoms. The molecule has 0 amide bonds. The standard InChI is InChI=1S/C70H51N3O2/c1-4-6-18-45-28-30-48(31-29-45)65-53(39-40-58-56-24-12-15-27-62(56)70(66(58)65)60-25-13-10-22-54(60)55-23-11-14-26-61(55)70)50-37-41-63-59(42-50)57-38-36-51(43-64(57)75-63)69-72-67(44(3)17-16-21-52(74)5-2)71-68(73-69)49-34-32-47(33-35-49)46-19-8-7-9-20-46/h6-43,74H,3-5H2,1-2H3/b17-16-,18-6+,52-21?. The zero-order chi connectivity index (χ0) is 50.6. The number of fused-ring (bicyclic) bond motifs is 13. The summed E-state index contributed by atoms with van der Waals surface area (Å²) >= 11 is 0. The Labute approximate surface area is 436 Å². The van der Waals surface area contributed by atoms with Crippen LogP contribution in [0.15, 0.2) is 241 Å². The van der Waals surface area contributed by atoms with Gasteiger partial charge in [0.15, 0.2) is 17.5 Å². The molecular weight excluding hydrogens is 915 g/mol. The first-order chi connectivity index (χ1) is 36.9. The van der Waals surface area contributed by atoms with Gasteiger partial charge in [-0.25, -0.2) is 15.0 Å². The van der Waals surface area contributed by atoms with Crippen LogP contribution in [0.2, 0.25) is 0 Å². The maximum atomic E-state index is 10.1. The highest BCUT2D eigenvalue weighted by Crippen LogP contribution is 2.65. The van der Waals surface area contributed by atoms with E-state index < -0.39 is 5.41 Å². The van der Waals surface area contributed by atoms with Crippen molar-refractivity contribution in [3.63, 3.8) is 0 Å². The van der Waals surface area contributed by atoms with Crippen molar-refractivity contribution < 1.29 is 9.52 Å². The van der Waals surface area contributed by atoms with E-state index in [9.17, 15) is 5.11 Å². The van der Waals surface area contributed by atoms with Crippen LogP contribution in [0, 0.1) is 0 Å². The van der Waals surface area contributed by atoms with Gasteiger partial charge in [-0.3, -0.25) is 0 Å². The second-order valence-electron chi connectivity index (χ2n) is 19.4. The maximum absolute atomic E-state index is 10.1. The molecule has 2 aliphatic rings. The van der Waals surface area contributed by atoms with E-state index in [1.807, 2.05) is 49.4 Å². The fourth-order valence-electron chi connectivity index (χ4n) is 11.5. The molecule has 0 aliphatic heterocycles. The monoisotopic (exact) mass is 965 g/mol. The van der Waals surface area contributed by atoms with Gasteiger partial charge in [0.05, 0.1) is 11.2 Å².